The first-order valence-corrected chi connectivity index (χ1v) is 28.9. The van der Waals surface area contributed by atoms with Crippen molar-refractivity contribution in [2.24, 2.45) is 0 Å². The van der Waals surface area contributed by atoms with E-state index in [1.807, 2.05) is 54.7 Å². The number of carbonyl (C=O) groups excluding carboxylic acids is 3. The van der Waals surface area contributed by atoms with Gasteiger partial charge in [-0.25, -0.2) is 0 Å². The summed E-state index contributed by atoms with van der Waals surface area (Å²) in [5.74, 6) is -0.954. The molecule has 1 atom stereocenters. The van der Waals surface area contributed by atoms with Gasteiger partial charge in [0.05, 0.1) is 0 Å². The zero-order valence-corrected chi connectivity index (χ0v) is 44.4. The fourth-order valence-electron chi connectivity index (χ4n) is 8.36. The molecule has 0 saturated carbocycles. The van der Waals surface area contributed by atoms with Crippen molar-refractivity contribution in [1.82, 2.24) is 0 Å². The Morgan fingerprint density at radius 3 is 0.910 bits per heavy atom. The van der Waals surface area contributed by atoms with Gasteiger partial charge in [0.1, 0.15) is 13.2 Å². The van der Waals surface area contributed by atoms with Crippen molar-refractivity contribution in [3.05, 3.63) is 60.8 Å². The number of carbonyl (C=O) groups is 3. The van der Waals surface area contributed by atoms with Crippen molar-refractivity contribution in [2.75, 3.05) is 13.2 Å². The van der Waals surface area contributed by atoms with Gasteiger partial charge in [-0.15, -0.1) is 0 Å². The maximum absolute atomic E-state index is 12.9. The minimum Gasteiger partial charge on any atom is -0.462 e. The van der Waals surface area contributed by atoms with E-state index in [4.69, 9.17) is 14.2 Å². The Morgan fingerprint density at radius 1 is 0.313 bits per heavy atom. The van der Waals surface area contributed by atoms with Gasteiger partial charge in [0.25, 0.3) is 0 Å². The Kier molecular flexibility index (Phi) is 53.3. The molecule has 0 spiro atoms. The van der Waals surface area contributed by atoms with Crippen LogP contribution in [0.2, 0.25) is 0 Å². The van der Waals surface area contributed by atoms with Crippen molar-refractivity contribution in [3.8, 4) is 0 Å². The van der Waals surface area contributed by atoms with Crippen LogP contribution in [0.4, 0.5) is 0 Å². The van der Waals surface area contributed by atoms with Gasteiger partial charge < -0.3 is 14.2 Å². The topological polar surface area (TPSA) is 78.9 Å². The number of rotatable bonds is 52. The summed E-state index contributed by atoms with van der Waals surface area (Å²) in [4.78, 5) is 38.1. The molecule has 0 rings (SSSR count). The molecular weight excluding hydrogens is 829 g/mol. The summed E-state index contributed by atoms with van der Waals surface area (Å²) in [5.41, 5.74) is 0. The molecule has 0 aliphatic rings. The van der Waals surface area contributed by atoms with Gasteiger partial charge >= 0.3 is 17.9 Å². The number of allylic oxidation sites excluding steroid dienone is 10. The monoisotopic (exact) mass is 937 g/mol. The van der Waals surface area contributed by atoms with Crippen LogP contribution in [-0.4, -0.2) is 37.2 Å². The SMILES string of the molecule is CC\C=C/C=C\C=C/C=C\C=C/CCCC(=O)OCC(COC(=O)CCCCCCCCCCCCCCCCCCCC)OC(=O)CCCCCCCCCCCCCCCCCCCC. The van der Waals surface area contributed by atoms with Crippen LogP contribution in [-0.2, 0) is 28.6 Å². The van der Waals surface area contributed by atoms with E-state index in [0.717, 1.165) is 51.4 Å². The van der Waals surface area contributed by atoms with E-state index in [1.54, 1.807) is 0 Å². The summed E-state index contributed by atoms with van der Waals surface area (Å²) in [6, 6.07) is 0. The standard InChI is InChI=1S/C61H108O6/c1-4-7-10-13-16-19-22-25-27-29-31-33-36-39-42-45-48-51-54-60(63)66-57-58(56-65-59(62)53-50-47-44-41-38-35-24-21-18-15-12-9-6-3)67-61(64)55-52-49-46-43-40-37-34-32-30-28-26-23-20-17-14-11-8-5-2/h9,12,15,18,21,24,35,38,41,44,58H,4-8,10-11,13-14,16-17,19-20,22-23,25-34,36-37,39-40,42-43,45-57H2,1-3H3/b12-9-,18-15-,24-21-,38-35-,44-41-. The summed E-state index contributed by atoms with van der Waals surface area (Å²) in [6.45, 7) is 6.47. The molecule has 0 heterocycles. The molecule has 0 aliphatic heterocycles. The molecule has 6 nitrogen and oxygen atoms in total. The van der Waals surface area contributed by atoms with E-state index < -0.39 is 6.10 Å². The van der Waals surface area contributed by atoms with E-state index >= 15 is 0 Å². The molecule has 0 N–H and O–H groups in total. The zero-order chi connectivity index (χ0) is 48.6. The molecule has 6 heteroatoms. The third kappa shape index (κ3) is 53.9. The molecule has 0 fully saturated rings. The van der Waals surface area contributed by atoms with E-state index in [2.05, 4.69) is 26.8 Å². The van der Waals surface area contributed by atoms with Gasteiger partial charge in [-0.3, -0.25) is 14.4 Å². The molecule has 0 bridgehead atoms. The summed E-state index contributed by atoms with van der Waals surface area (Å²) in [6.07, 6.45) is 69.4. The Hall–Kier alpha value is -2.89. The fourth-order valence-corrected chi connectivity index (χ4v) is 8.36. The molecule has 67 heavy (non-hydrogen) atoms. The van der Waals surface area contributed by atoms with Gasteiger partial charge in [-0.1, -0.05) is 300 Å². The molecule has 0 aromatic carbocycles. The van der Waals surface area contributed by atoms with E-state index in [-0.39, 0.29) is 37.5 Å². The van der Waals surface area contributed by atoms with Crippen molar-refractivity contribution < 1.29 is 28.6 Å². The van der Waals surface area contributed by atoms with Crippen LogP contribution in [0, 0.1) is 0 Å². The van der Waals surface area contributed by atoms with Gasteiger partial charge in [-0.05, 0) is 32.1 Å². The lowest BCUT2D eigenvalue weighted by Gasteiger charge is -2.18. The van der Waals surface area contributed by atoms with Crippen molar-refractivity contribution in [1.29, 1.82) is 0 Å². The summed E-state index contributed by atoms with van der Waals surface area (Å²) in [5, 5.41) is 0. The van der Waals surface area contributed by atoms with Gasteiger partial charge in [0, 0.05) is 19.3 Å². The quantitative estimate of drug-likeness (QED) is 0.0262. The Morgan fingerprint density at radius 2 is 0.582 bits per heavy atom. The number of ether oxygens (including phenoxy) is 3. The fraction of sp³-hybridized carbons (Fsp3) is 0.787. The lowest BCUT2D eigenvalue weighted by Crippen LogP contribution is -2.30. The first-order chi connectivity index (χ1) is 33.0. The highest BCUT2D eigenvalue weighted by Gasteiger charge is 2.19. The maximum Gasteiger partial charge on any atom is 0.306 e. The van der Waals surface area contributed by atoms with Crippen molar-refractivity contribution in [3.63, 3.8) is 0 Å². The van der Waals surface area contributed by atoms with Crippen LogP contribution in [0.3, 0.4) is 0 Å². The molecule has 1 unspecified atom stereocenters. The van der Waals surface area contributed by atoms with E-state index in [9.17, 15) is 14.4 Å². The third-order valence-corrected chi connectivity index (χ3v) is 12.7. The second-order valence-electron chi connectivity index (χ2n) is 19.3. The average Bonchev–Trinajstić information content (AvgIpc) is 3.33. The third-order valence-electron chi connectivity index (χ3n) is 12.7. The van der Waals surface area contributed by atoms with Gasteiger partial charge in [0.15, 0.2) is 6.10 Å². The second-order valence-corrected chi connectivity index (χ2v) is 19.3. The Balaban J connectivity index is 4.38. The first-order valence-electron chi connectivity index (χ1n) is 28.9. The van der Waals surface area contributed by atoms with Crippen LogP contribution in [0.15, 0.2) is 60.8 Å². The molecule has 0 aromatic heterocycles. The highest BCUT2D eigenvalue weighted by atomic mass is 16.6. The first kappa shape index (κ1) is 64.1. The largest absolute Gasteiger partial charge is 0.462 e. The number of hydrogen-bond donors (Lipinski definition) is 0. The number of esters is 3. The van der Waals surface area contributed by atoms with Crippen LogP contribution in [0.1, 0.15) is 290 Å². The predicted octanol–water partition coefficient (Wildman–Crippen LogP) is 19.2. The van der Waals surface area contributed by atoms with Gasteiger partial charge in [0.2, 0.25) is 0 Å². The second kappa shape index (κ2) is 55.7. The Bertz CT molecular complexity index is 1210. The number of unbranched alkanes of at least 4 members (excludes halogenated alkanes) is 35. The normalized spacial score (nSPS) is 12.5. The molecule has 0 aliphatic carbocycles. The molecule has 0 radical (unpaired) electrons. The van der Waals surface area contributed by atoms with Crippen LogP contribution >= 0.6 is 0 Å². The molecule has 0 aromatic rings. The van der Waals surface area contributed by atoms with Crippen LogP contribution in [0.25, 0.3) is 0 Å². The van der Waals surface area contributed by atoms with Crippen LogP contribution < -0.4 is 0 Å². The molecular formula is C61H108O6. The summed E-state index contributed by atoms with van der Waals surface area (Å²) in [7, 11) is 0. The zero-order valence-electron chi connectivity index (χ0n) is 44.4. The minimum absolute atomic E-state index is 0.0925. The predicted molar refractivity (Wildman–Crippen MR) is 288 cm³/mol. The minimum atomic E-state index is -0.799. The van der Waals surface area contributed by atoms with E-state index in [1.165, 1.54) is 193 Å². The van der Waals surface area contributed by atoms with Gasteiger partial charge in [-0.2, -0.15) is 0 Å². The van der Waals surface area contributed by atoms with Crippen molar-refractivity contribution in [2.45, 2.75) is 297 Å². The average molecular weight is 938 g/mol. The lowest BCUT2D eigenvalue weighted by molar-refractivity contribution is -0.167. The molecule has 0 amide bonds. The highest BCUT2D eigenvalue weighted by Crippen LogP contribution is 2.17. The summed E-state index contributed by atoms with van der Waals surface area (Å²) < 4.78 is 16.8. The molecule has 0 saturated heterocycles. The number of hydrogen-bond acceptors (Lipinski definition) is 6. The lowest BCUT2D eigenvalue weighted by atomic mass is 10.0. The molecule has 388 valence electrons. The Labute approximate surface area is 415 Å². The van der Waals surface area contributed by atoms with Crippen LogP contribution in [0.5, 0.6) is 0 Å². The maximum atomic E-state index is 12.9. The van der Waals surface area contributed by atoms with E-state index in [0.29, 0.717) is 19.3 Å². The highest BCUT2D eigenvalue weighted by molar-refractivity contribution is 5.71. The smallest absolute Gasteiger partial charge is 0.306 e. The summed E-state index contributed by atoms with van der Waals surface area (Å²) >= 11 is 0. The van der Waals surface area contributed by atoms with Crippen molar-refractivity contribution >= 4 is 17.9 Å².